The van der Waals surface area contributed by atoms with Gasteiger partial charge in [0.2, 0.25) is 0 Å². The van der Waals surface area contributed by atoms with Crippen molar-refractivity contribution < 1.29 is 18.1 Å². The minimum Gasteiger partial charge on any atom is -0.507 e. The number of hydrogen-bond donors (Lipinski definition) is 4. The molecule has 0 heterocycles. The third kappa shape index (κ3) is 2.92. The van der Waals surface area contributed by atoms with Gasteiger partial charge in [-0.05, 0) is 41.9 Å². The van der Waals surface area contributed by atoms with Gasteiger partial charge in [0.15, 0.2) is 5.11 Å². The number of fused-ring (bicyclic) bond motifs is 1. The summed E-state index contributed by atoms with van der Waals surface area (Å²) >= 11 is 4.69. The number of aromatic hydroxyl groups is 1. The van der Waals surface area contributed by atoms with Gasteiger partial charge in [-0.15, -0.1) is 0 Å². The summed E-state index contributed by atoms with van der Waals surface area (Å²) in [4.78, 5) is -0.384. The third-order valence-electron chi connectivity index (χ3n) is 2.47. The van der Waals surface area contributed by atoms with Crippen LogP contribution in [0, 0.1) is 0 Å². The Morgan fingerprint density at radius 1 is 1.26 bits per heavy atom. The van der Waals surface area contributed by atoms with E-state index >= 15 is 0 Å². The second-order valence-electron chi connectivity index (χ2n) is 3.84. The largest absolute Gasteiger partial charge is 0.507 e. The molecule has 0 bridgehead atoms. The Balaban J connectivity index is 2.66. The Morgan fingerprint density at radius 3 is 2.53 bits per heavy atom. The van der Waals surface area contributed by atoms with Crippen molar-refractivity contribution in [3.05, 3.63) is 30.3 Å². The van der Waals surface area contributed by atoms with Crippen LogP contribution in [0.25, 0.3) is 10.8 Å². The average molecular weight is 298 g/mol. The molecule has 6 nitrogen and oxygen atoms in total. The summed E-state index contributed by atoms with van der Waals surface area (Å²) in [7, 11) is -4.38. The Hall–Kier alpha value is -1.90. The van der Waals surface area contributed by atoms with Crippen molar-refractivity contribution in [2.24, 2.45) is 5.73 Å². The molecule has 0 unspecified atom stereocenters. The Morgan fingerprint density at radius 2 is 1.95 bits per heavy atom. The molecule has 0 aliphatic carbocycles. The lowest BCUT2D eigenvalue weighted by molar-refractivity contribution is 0.471. The molecule has 0 saturated carbocycles. The predicted octanol–water partition coefficient (Wildman–Crippen LogP) is 1.45. The first-order valence-corrected chi connectivity index (χ1v) is 6.93. The lowest BCUT2D eigenvalue weighted by Crippen LogP contribution is -2.18. The summed E-state index contributed by atoms with van der Waals surface area (Å²) in [6, 6.07) is 7.00. The molecule has 19 heavy (non-hydrogen) atoms. The summed E-state index contributed by atoms with van der Waals surface area (Å²) in [5, 5.41) is 13.4. The van der Waals surface area contributed by atoms with Gasteiger partial charge in [0.25, 0.3) is 10.1 Å². The van der Waals surface area contributed by atoms with E-state index in [1.807, 2.05) is 0 Å². The molecule has 2 aromatic rings. The van der Waals surface area contributed by atoms with E-state index in [9.17, 15) is 13.5 Å². The maximum absolute atomic E-state index is 11.1. The van der Waals surface area contributed by atoms with E-state index in [1.165, 1.54) is 6.07 Å². The van der Waals surface area contributed by atoms with Gasteiger partial charge in [0.1, 0.15) is 5.75 Å². The molecule has 0 amide bonds. The zero-order valence-corrected chi connectivity index (χ0v) is 11.1. The van der Waals surface area contributed by atoms with Crippen LogP contribution in [0.2, 0.25) is 0 Å². The lowest BCUT2D eigenvalue weighted by atomic mass is 10.1. The van der Waals surface area contributed by atoms with E-state index in [-0.39, 0.29) is 15.8 Å². The van der Waals surface area contributed by atoms with Crippen LogP contribution in [0.3, 0.4) is 0 Å². The van der Waals surface area contributed by atoms with E-state index in [2.05, 4.69) is 5.32 Å². The summed E-state index contributed by atoms with van der Waals surface area (Å²) in [5.74, 6) is -0.244. The number of nitrogens with two attached hydrogens (primary N) is 1. The van der Waals surface area contributed by atoms with E-state index in [4.69, 9.17) is 22.5 Å². The second kappa shape index (κ2) is 4.65. The van der Waals surface area contributed by atoms with E-state index < -0.39 is 10.1 Å². The second-order valence-corrected chi connectivity index (χ2v) is 5.70. The first-order chi connectivity index (χ1) is 8.77. The number of rotatable bonds is 2. The molecule has 8 heteroatoms. The van der Waals surface area contributed by atoms with Crippen molar-refractivity contribution in [1.29, 1.82) is 0 Å². The number of anilines is 1. The number of nitrogens with one attached hydrogen (secondary N) is 1. The van der Waals surface area contributed by atoms with Crippen LogP contribution in [-0.2, 0) is 10.1 Å². The summed E-state index contributed by atoms with van der Waals surface area (Å²) in [6.45, 7) is 0. The highest BCUT2D eigenvalue weighted by Gasteiger charge is 2.13. The number of hydrogen-bond acceptors (Lipinski definition) is 4. The van der Waals surface area contributed by atoms with Crippen LogP contribution in [-0.4, -0.2) is 23.2 Å². The first kappa shape index (κ1) is 13.5. The van der Waals surface area contributed by atoms with Crippen LogP contribution in [0.5, 0.6) is 5.75 Å². The van der Waals surface area contributed by atoms with Crippen LogP contribution >= 0.6 is 12.2 Å². The van der Waals surface area contributed by atoms with Crippen LogP contribution in [0.15, 0.2) is 35.2 Å². The maximum atomic E-state index is 11.1. The predicted molar refractivity (Wildman–Crippen MR) is 75.8 cm³/mol. The minimum absolute atomic E-state index is 0.0644. The van der Waals surface area contributed by atoms with Gasteiger partial charge in [-0.3, -0.25) is 4.55 Å². The monoisotopic (exact) mass is 298 g/mol. The van der Waals surface area contributed by atoms with Gasteiger partial charge < -0.3 is 16.2 Å². The third-order valence-corrected chi connectivity index (χ3v) is 3.40. The number of benzene rings is 2. The molecule has 0 radical (unpaired) electrons. The quantitative estimate of drug-likeness (QED) is 0.490. The standard InChI is InChI=1S/C11H10N2O4S2/c12-11(18)13-7-1-2-9-6(3-7)4-8(5-10(9)14)19(15,16)17/h1-5,14H,(H3,12,13,18)(H,15,16,17). The molecule has 0 spiro atoms. The SMILES string of the molecule is NC(=S)Nc1ccc2c(O)cc(S(=O)(=O)O)cc2c1. The zero-order chi connectivity index (χ0) is 14.2. The highest BCUT2D eigenvalue weighted by atomic mass is 32.2. The zero-order valence-electron chi connectivity index (χ0n) is 9.49. The fourth-order valence-electron chi connectivity index (χ4n) is 1.69. The fourth-order valence-corrected chi connectivity index (χ4v) is 2.35. The molecule has 100 valence electrons. The Bertz CT molecular complexity index is 772. The molecule has 0 aliphatic heterocycles. The molecule has 2 aromatic carbocycles. The van der Waals surface area contributed by atoms with Crippen molar-refractivity contribution >= 4 is 43.9 Å². The summed E-state index contributed by atoms with van der Waals surface area (Å²) < 4.78 is 31.2. The van der Waals surface area contributed by atoms with E-state index in [0.717, 1.165) is 6.07 Å². The molecule has 2 rings (SSSR count). The van der Waals surface area contributed by atoms with Gasteiger partial charge in [-0.25, -0.2) is 0 Å². The molecule has 0 aliphatic rings. The smallest absolute Gasteiger partial charge is 0.294 e. The first-order valence-electron chi connectivity index (χ1n) is 5.08. The van der Waals surface area contributed by atoms with Crippen LogP contribution < -0.4 is 11.1 Å². The topological polar surface area (TPSA) is 113 Å². The maximum Gasteiger partial charge on any atom is 0.294 e. The lowest BCUT2D eigenvalue weighted by Gasteiger charge is -2.08. The van der Waals surface area contributed by atoms with Gasteiger partial charge in [0, 0.05) is 17.1 Å². The molecule has 5 N–H and O–H groups in total. The summed E-state index contributed by atoms with van der Waals surface area (Å²) in [6.07, 6.45) is 0. The van der Waals surface area contributed by atoms with E-state index in [0.29, 0.717) is 16.5 Å². The average Bonchev–Trinajstić information content (AvgIpc) is 2.26. The highest BCUT2D eigenvalue weighted by Crippen LogP contribution is 2.30. The normalized spacial score (nSPS) is 11.4. The van der Waals surface area contributed by atoms with Crippen molar-refractivity contribution in [3.8, 4) is 5.75 Å². The number of thiocarbonyl (C=S) groups is 1. The van der Waals surface area contributed by atoms with Crippen LogP contribution in [0.4, 0.5) is 5.69 Å². The molecular formula is C11H10N2O4S2. The Labute approximate surface area is 114 Å². The summed E-state index contributed by atoms with van der Waals surface area (Å²) in [5.41, 5.74) is 5.88. The van der Waals surface area contributed by atoms with Gasteiger partial charge >= 0.3 is 0 Å². The van der Waals surface area contributed by atoms with Crippen molar-refractivity contribution in [2.75, 3.05) is 5.32 Å². The highest BCUT2D eigenvalue weighted by molar-refractivity contribution is 7.85. The molecule has 0 fully saturated rings. The van der Waals surface area contributed by atoms with Gasteiger partial charge in [-0.2, -0.15) is 8.42 Å². The minimum atomic E-state index is -4.38. The van der Waals surface area contributed by atoms with E-state index in [1.54, 1.807) is 18.2 Å². The van der Waals surface area contributed by atoms with Crippen LogP contribution in [0.1, 0.15) is 0 Å². The Kier molecular flexibility index (Phi) is 3.31. The van der Waals surface area contributed by atoms with Crippen molar-refractivity contribution in [3.63, 3.8) is 0 Å². The molecular weight excluding hydrogens is 288 g/mol. The van der Waals surface area contributed by atoms with Crippen molar-refractivity contribution in [1.82, 2.24) is 0 Å². The number of phenols is 1. The molecule has 0 atom stereocenters. The van der Waals surface area contributed by atoms with Crippen molar-refractivity contribution in [2.45, 2.75) is 4.90 Å². The fraction of sp³-hybridized carbons (Fsp3) is 0. The molecule has 0 saturated heterocycles. The van der Waals surface area contributed by atoms with Gasteiger partial charge in [-0.1, -0.05) is 0 Å². The molecule has 0 aromatic heterocycles. The number of phenolic OH excluding ortho intramolecular Hbond substituents is 1. The van der Waals surface area contributed by atoms with Gasteiger partial charge in [0.05, 0.1) is 4.90 Å².